The van der Waals surface area contributed by atoms with Gasteiger partial charge in [-0.05, 0) is 41.1 Å². The molecule has 3 nitrogen and oxygen atoms in total. The average molecular weight is 368 g/mol. The Morgan fingerprint density at radius 1 is 1.62 bits per heavy atom. The van der Waals surface area contributed by atoms with Crippen molar-refractivity contribution in [3.05, 3.63) is 19.9 Å². The van der Waals surface area contributed by atoms with Crippen molar-refractivity contribution >= 4 is 51.6 Å². The van der Waals surface area contributed by atoms with Crippen LogP contribution in [0.1, 0.15) is 4.88 Å². The molecule has 2 rings (SSSR count). The van der Waals surface area contributed by atoms with Crippen molar-refractivity contribution in [1.82, 2.24) is 10.6 Å². The first kappa shape index (κ1) is 12.7. The first-order chi connectivity index (χ1) is 7.75. The van der Waals surface area contributed by atoms with Gasteiger partial charge in [0.1, 0.15) is 0 Å². The Morgan fingerprint density at radius 3 is 3.12 bits per heavy atom. The monoisotopic (exact) mass is 368 g/mol. The van der Waals surface area contributed by atoms with Crippen LogP contribution in [0.3, 0.4) is 0 Å². The van der Waals surface area contributed by atoms with E-state index in [-0.39, 0.29) is 11.9 Å². The quantitative estimate of drug-likeness (QED) is 0.795. The summed E-state index contributed by atoms with van der Waals surface area (Å²) in [5.41, 5.74) is 0. The lowest BCUT2D eigenvalue weighted by Crippen LogP contribution is -2.42. The number of halogens is 1. The van der Waals surface area contributed by atoms with Crippen molar-refractivity contribution in [1.29, 1.82) is 0 Å². The molecule has 0 bridgehead atoms. The number of carbonyl (C=O) groups excluding carboxylic acids is 1. The lowest BCUT2D eigenvalue weighted by atomic mass is 10.3. The highest BCUT2D eigenvalue weighted by Gasteiger charge is 2.21. The third-order valence-corrected chi connectivity index (χ3v) is 5.23. The molecule has 0 aliphatic carbocycles. The number of nitrogens with one attached hydrogen (secondary N) is 2. The van der Waals surface area contributed by atoms with E-state index in [0.717, 1.165) is 24.6 Å². The Morgan fingerprint density at radius 2 is 2.50 bits per heavy atom. The van der Waals surface area contributed by atoms with Crippen LogP contribution in [-0.4, -0.2) is 30.1 Å². The van der Waals surface area contributed by atoms with E-state index in [9.17, 15) is 4.79 Å². The molecular weight excluding hydrogens is 355 g/mol. The number of thiophene rings is 1. The molecule has 1 atom stereocenters. The topological polar surface area (TPSA) is 41.1 Å². The van der Waals surface area contributed by atoms with E-state index in [2.05, 4.69) is 45.4 Å². The highest BCUT2D eigenvalue weighted by molar-refractivity contribution is 14.1. The van der Waals surface area contributed by atoms with E-state index in [0.29, 0.717) is 0 Å². The molecule has 1 amide bonds. The van der Waals surface area contributed by atoms with Crippen molar-refractivity contribution < 1.29 is 4.79 Å². The van der Waals surface area contributed by atoms with Gasteiger partial charge in [-0.3, -0.25) is 10.1 Å². The third-order valence-electron chi connectivity index (χ3n) is 2.33. The van der Waals surface area contributed by atoms with Crippen LogP contribution in [0.2, 0.25) is 0 Å². The van der Waals surface area contributed by atoms with Crippen LogP contribution in [0, 0.1) is 2.88 Å². The second-order valence-electron chi connectivity index (χ2n) is 3.52. The minimum absolute atomic E-state index is 0.00784. The van der Waals surface area contributed by atoms with Crippen LogP contribution >= 0.6 is 45.7 Å². The SMILES string of the molecule is O=C(NCCc1ccc(I)s1)C1CSCN1. The molecule has 2 N–H and O–H groups in total. The van der Waals surface area contributed by atoms with Crippen molar-refractivity contribution in [3.8, 4) is 0 Å². The number of rotatable bonds is 4. The second-order valence-corrected chi connectivity index (χ2v) is 7.61. The van der Waals surface area contributed by atoms with Gasteiger partial charge < -0.3 is 5.32 Å². The molecule has 1 fully saturated rings. The Balaban J connectivity index is 1.69. The van der Waals surface area contributed by atoms with Crippen molar-refractivity contribution in [3.63, 3.8) is 0 Å². The Labute approximate surface area is 117 Å². The van der Waals surface area contributed by atoms with Crippen molar-refractivity contribution in [2.75, 3.05) is 18.2 Å². The molecule has 88 valence electrons. The zero-order valence-electron chi connectivity index (χ0n) is 8.66. The van der Waals surface area contributed by atoms with Gasteiger partial charge in [-0.15, -0.1) is 23.1 Å². The molecule has 0 radical (unpaired) electrons. The second kappa shape index (κ2) is 6.23. The summed E-state index contributed by atoms with van der Waals surface area (Å²) in [5, 5.41) is 6.13. The molecule has 1 saturated heterocycles. The average Bonchev–Trinajstić information content (AvgIpc) is 2.89. The third kappa shape index (κ3) is 3.61. The smallest absolute Gasteiger partial charge is 0.238 e. The molecule has 0 spiro atoms. The van der Waals surface area contributed by atoms with Gasteiger partial charge in [-0.1, -0.05) is 0 Å². The number of amides is 1. The lowest BCUT2D eigenvalue weighted by molar-refractivity contribution is -0.122. The summed E-state index contributed by atoms with van der Waals surface area (Å²) in [4.78, 5) is 13.0. The summed E-state index contributed by atoms with van der Waals surface area (Å²) in [6, 6.07) is 4.24. The van der Waals surface area contributed by atoms with Crippen LogP contribution in [0.15, 0.2) is 12.1 Å². The summed E-state index contributed by atoms with van der Waals surface area (Å²) >= 11 is 5.88. The molecule has 1 aliphatic heterocycles. The Bertz CT molecular complexity index is 363. The zero-order chi connectivity index (χ0) is 11.4. The molecule has 1 aromatic rings. The first-order valence-electron chi connectivity index (χ1n) is 5.09. The molecule has 1 aromatic heterocycles. The van der Waals surface area contributed by atoms with Crippen LogP contribution in [-0.2, 0) is 11.2 Å². The van der Waals surface area contributed by atoms with E-state index in [1.807, 2.05) is 0 Å². The molecule has 16 heavy (non-hydrogen) atoms. The lowest BCUT2D eigenvalue weighted by Gasteiger charge is -2.09. The molecule has 0 aromatic carbocycles. The van der Waals surface area contributed by atoms with Crippen LogP contribution in [0.25, 0.3) is 0 Å². The number of thioether (sulfide) groups is 1. The van der Waals surface area contributed by atoms with Crippen LogP contribution in [0.4, 0.5) is 0 Å². The first-order valence-corrected chi connectivity index (χ1v) is 8.14. The van der Waals surface area contributed by atoms with Crippen LogP contribution in [0.5, 0.6) is 0 Å². The Hall–Kier alpha value is 0.210. The molecule has 1 aliphatic rings. The van der Waals surface area contributed by atoms with Gasteiger partial charge >= 0.3 is 0 Å². The molecule has 0 saturated carbocycles. The molecule has 1 unspecified atom stereocenters. The standard InChI is InChI=1S/C10H13IN2OS2/c11-9-2-1-7(16-9)3-4-12-10(14)8-5-15-6-13-8/h1-2,8,13H,3-6H2,(H,12,14). The summed E-state index contributed by atoms with van der Waals surface area (Å²) in [6.07, 6.45) is 0.930. The minimum Gasteiger partial charge on any atom is -0.354 e. The Kier molecular flexibility index (Phi) is 4.93. The van der Waals surface area contributed by atoms with Gasteiger partial charge in [0.15, 0.2) is 0 Å². The van der Waals surface area contributed by atoms with E-state index in [4.69, 9.17) is 0 Å². The summed E-state index contributed by atoms with van der Waals surface area (Å²) in [6.45, 7) is 0.734. The molecule has 6 heteroatoms. The maximum atomic E-state index is 11.7. The minimum atomic E-state index is 0.00784. The predicted octanol–water partition coefficient (Wildman–Crippen LogP) is 1.67. The van der Waals surface area contributed by atoms with Crippen LogP contribution < -0.4 is 10.6 Å². The fraction of sp³-hybridized carbons (Fsp3) is 0.500. The van der Waals surface area contributed by atoms with E-state index >= 15 is 0 Å². The van der Waals surface area contributed by atoms with Gasteiger partial charge in [0.2, 0.25) is 5.91 Å². The van der Waals surface area contributed by atoms with Gasteiger partial charge in [-0.2, -0.15) is 0 Å². The molecule has 2 heterocycles. The summed E-state index contributed by atoms with van der Waals surface area (Å²) in [5.74, 6) is 1.92. The summed E-state index contributed by atoms with van der Waals surface area (Å²) < 4.78 is 1.30. The highest BCUT2D eigenvalue weighted by atomic mass is 127. The fourth-order valence-electron chi connectivity index (χ4n) is 1.48. The largest absolute Gasteiger partial charge is 0.354 e. The van der Waals surface area contributed by atoms with E-state index in [1.165, 1.54) is 7.76 Å². The number of hydrogen-bond acceptors (Lipinski definition) is 4. The fourth-order valence-corrected chi connectivity index (χ4v) is 4.18. The normalized spacial score (nSPS) is 19.9. The van der Waals surface area contributed by atoms with Crippen molar-refractivity contribution in [2.24, 2.45) is 0 Å². The van der Waals surface area contributed by atoms with Gasteiger partial charge in [0, 0.05) is 23.1 Å². The predicted molar refractivity (Wildman–Crippen MR) is 78.0 cm³/mol. The van der Waals surface area contributed by atoms with Gasteiger partial charge in [-0.25, -0.2) is 0 Å². The summed E-state index contributed by atoms with van der Waals surface area (Å²) in [7, 11) is 0. The maximum absolute atomic E-state index is 11.7. The van der Waals surface area contributed by atoms with Crippen molar-refractivity contribution in [2.45, 2.75) is 12.5 Å². The van der Waals surface area contributed by atoms with E-state index in [1.54, 1.807) is 23.1 Å². The number of hydrogen-bond donors (Lipinski definition) is 2. The zero-order valence-corrected chi connectivity index (χ0v) is 12.5. The van der Waals surface area contributed by atoms with Gasteiger partial charge in [0.25, 0.3) is 0 Å². The maximum Gasteiger partial charge on any atom is 0.238 e. The highest BCUT2D eigenvalue weighted by Crippen LogP contribution is 2.18. The van der Waals surface area contributed by atoms with Gasteiger partial charge in [0.05, 0.1) is 8.93 Å². The van der Waals surface area contributed by atoms with E-state index < -0.39 is 0 Å². The number of carbonyl (C=O) groups is 1. The molecular formula is C10H13IN2OS2.